The third-order valence-corrected chi connectivity index (χ3v) is 3.34. The molecule has 1 aromatic rings. The van der Waals surface area contributed by atoms with Gasteiger partial charge in [0.25, 0.3) is 6.47 Å². The van der Waals surface area contributed by atoms with Crippen LogP contribution in [0.25, 0.3) is 0 Å². The lowest BCUT2D eigenvalue weighted by molar-refractivity contribution is -0.120. The van der Waals surface area contributed by atoms with Crippen molar-refractivity contribution in [3.8, 4) is 11.5 Å². The normalized spacial score (nSPS) is 15.8. The summed E-state index contributed by atoms with van der Waals surface area (Å²) in [4.78, 5) is 23.0. The summed E-state index contributed by atoms with van der Waals surface area (Å²) in [6.45, 7) is 2.01. The second kappa shape index (κ2) is 6.33. The first-order valence-electron chi connectivity index (χ1n) is 6.29. The van der Waals surface area contributed by atoms with Gasteiger partial charge in [-0.3, -0.25) is 9.59 Å². The predicted octanol–water partition coefficient (Wildman–Crippen LogP) is 1.41. The standard InChI is InChI=1S/C14H17NO4/c1-18-11-2-3-12(13(8-11)19-9-16)14(17)10-4-6-15-7-5-10/h2-3,8-10,15H,4-7H2,1H3. The van der Waals surface area contributed by atoms with Crippen molar-refractivity contribution < 1.29 is 19.1 Å². The van der Waals surface area contributed by atoms with E-state index in [1.165, 1.54) is 7.11 Å². The lowest BCUT2D eigenvalue weighted by Gasteiger charge is -2.22. The van der Waals surface area contributed by atoms with Crippen LogP contribution >= 0.6 is 0 Å². The van der Waals surface area contributed by atoms with Crippen molar-refractivity contribution in [3.05, 3.63) is 23.8 Å². The highest BCUT2D eigenvalue weighted by molar-refractivity contribution is 6.00. The fourth-order valence-electron chi connectivity index (χ4n) is 2.29. The van der Waals surface area contributed by atoms with Crippen molar-refractivity contribution in [3.63, 3.8) is 0 Å². The van der Waals surface area contributed by atoms with E-state index in [1.807, 2.05) is 0 Å². The van der Waals surface area contributed by atoms with E-state index in [1.54, 1.807) is 18.2 Å². The maximum absolute atomic E-state index is 12.4. The summed E-state index contributed by atoms with van der Waals surface area (Å²) in [5.41, 5.74) is 0.444. The molecule has 1 aliphatic rings. The summed E-state index contributed by atoms with van der Waals surface area (Å²) in [6.07, 6.45) is 1.62. The molecule has 19 heavy (non-hydrogen) atoms. The molecular formula is C14H17NO4. The number of ketones is 1. The van der Waals surface area contributed by atoms with Gasteiger partial charge in [0, 0.05) is 12.0 Å². The Kier molecular flexibility index (Phi) is 4.52. The van der Waals surface area contributed by atoms with Crippen LogP contribution in [0.2, 0.25) is 0 Å². The molecule has 1 heterocycles. The second-order valence-corrected chi connectivity index (χ2v) is 4.46. The van der Waals surface area contributed by atoms with E-state index in [0.717, 1.165) is 25.9 Å². The molecule has 0 saturated carbocycles. The Morgan fingerprint density at radius 2 is 2.11 bits per heavy atom. The molecule has 1 aromatic carbocycles. The molecule has 0 spiro atoms. The smallest absolute Gasteiger partial charge is 0.298 e. The molecule has 5 nitrogen and oxygen atoms in total. The molecule has 1 fully saturated rings. The van der Waals surface area contributed by atoms with Crippen molar-refractivity contribution in [2.24, 2.45) is 5.92 Å². The molecule has 0 amide bonds. The predicted molar refractivity (Wildman–Crippen MR) is 69.6 cm³/mol. The first-order chi connectivity index (χ1) is 9.26. The number of methoxy groups -OCH3 is 1. The summed E-state index contributed by atoms with van der Waals surface area (Å²) in [5, 5.41) is 3.22. The maximum Gasteiger partial charge on any atom is 0.298 e. The molecule has 0 aliphatic carbocycles. The molecule has 0 radical (unpaired) electrons. The molecule has 0 atom stereocenters. The summed E-state index contributed by atoms with van der Waals surface area (Å²) in [7, 11) is 1.52. The van der Waals surface area contributed by atoms with Crippen LogP contribution in [0.5, 0.6) is 11.5 Å². The summed E-state index contributed by atoms with van der Waals surface area (Å²) >= 11 is 0. The van der Waals surface area contributed by atoms with Gasteiger partial charge in [-0.1, -0.05) is 0 Å². The number of rotatable bonds is 5. The van der Waals surface area contributed by atoms with E-state index in [0.29, 0.717) is 17.8 Å². The van der Waals surface area contributed by atoms with E-state index in [2.05, 4.69) is 5.32 Å². The van der Waals surface area contributed by atoms with E-state index < -0.39 is 0 Å². The van der Waals surface area contributed by atoms with Crippen molar-refractivity contribution in [1.29, 1.82) is 0 Å². The zero-order chi connectivity index (χ0) is 13.7. The zero-order valence-electron chi connectivity index (χ0n) is 10.8. The SMILES string of the molecule is COc1ccc(C(=O)C2CCNCC2)c(OC=O)c1. The van der Waals surface area contributed by atoms with Crippen LogP contribution in [0.4, 0.5) is 0 Å². The fourth-order valence-corrected chi connectivity index (χ4v) is 2.29. The first kappa shape index (κ1) is 13.5. The molecule has 2 rings (SSSR count). The van der Waals surface area contributed by atoms with E-state index in [4.69, 9.17) is 9.47 Å². The van der Waals surface area contributed by atoms with Crippen LogP contribution in [-0.4, -0.2) is 32.5 Å². The molecule has 1 saturated heterocycles. The highest BCUT2D eigenvalue weighted by Gasteiger charge is 2.25. The van der Waals surface area contributed by atoms with Gasteiger partial charge in [-0.05, 0) is 38.1 Å². The highest BCUT2D eigenvalue weighted by atomic mass is 16.5. The van der Waals surface area contributed by atoms with Crippen LogP contribution in [0.15, 0.2) is 18.2 Å². The Morgan fingerprint density at radius 1 is 1.37 bits per heavy atom. The van der Waals surface area contributed by atoms with Crippen molar-refractivity contribution >= 4 is 12.3 Å². The molecule has 0 bridgehead atoms. The Labute approximate surface area is 111 Å². The van der Waals surface area contributed by atoms with Gasteiger partial charge in [-0.25, -0.2) is 0 Å². The number of carbonyl (C=O) groups is 2. The van der Waals surface area contributed by atoms with Crippen LogP contribution in [0.1, 0.15) is 23.2 Å². The van der Waals surface area contributed by atoms with Crippen molar-refractivity contribution in [1.82, 2.24) is 5.32 Å². The molecule has 1 aliphatic heterocycles. The lowest BCUT2D eigenvalue weighted by Crippen LogP contribution is -2.32. The second-order valence-electron chi connectivity index (χ2n) is 4.46. The summed E-state index contributed by atoms with van der Waals surface area (Å²) < 4.78 is 9.96. The van der Waals surface area contributed by atoms with Crippen molar-refractivity contribution in [2.75, 3.05) is 20.2 Å². The highest BCUT2D eigenvalue weighted by Crippen LogP contribution is 2.28. The largest absolute Gasteiger partial charge is 0.497 e. The molecule has 102 valence electrons. The number of Topliss-reactive ketones (excluding diaryl/α,β-unsaturated/α-hetero) is 1. The first-order valence-corrected chi connectivity index (χ1v) is 6.29. The minimum absolute atomic E-state index is 0.0105. The minimum atomic E-state index is -0.0105. The number of carbonyl (C=O) groups excluding carboxylic acids is 2. The third kappa shape index (κ3) is 3.12. The van der Waals surface area contributed by atoms with Crippen LogP contribution in [0, 0.1) is 5.92 Å². The Morgan fingerprint density at radius 3 is 2.74 bits per heavy atom. The maximum atomic E-state index is 12.4. The third-order valence-electron chi connectivity index (χ3n) is 3.34. The van der Waals surface area contributed by atoms with Crippen LogP contribution < -0.4 is 14.8 Å². The van der Waals surface area contributed by atoms with Gasteiger partial charge in [-0.15, -0.1) is 0 Å². The van der Waals surface area contributed by atoms with Gasteiger partial charge in [0.15, 0.2) is 5.78 Å². The van der Waals surface area contributed by atoms with Gasteiger partial charge in [0.2, 0.25) is 0 Å². The van der Waals surface area contributed by atoms with Gasteiger partial charge < -0.3 is 14.8 Å². The van der Waals surface area contributed by atoms with Gasteiger partial charge in [-0.2, -0.15) is 0 Å². The number of piperidine rings is 1. The topological polar surface area (TPSA) is 64.6 Å². The minimum Gasteiger partial charge on any atom is -0.497 e. The number of ether oxygens (including phenoxy) is 2. The van der Waals surface area contributed by atoms with Crippen LogP contribution in [0.3, 0.4) is 0 Å². The Bertz CT molecular complexity index is 467. The monoisotopic (exact) mass is 263 g/mol. The van der Waals surface area contributed by atoms with Crippen LogP contribution in [-0.2, 0) is 4.79 Å². The summed E-state index contributed by atoms with van der Waals surface area (Å²) in [5.74, 6) is 0.834. The molecule has 5 heteroatoms. The summed E-state index contributed by atoms with van der Waals surface area (Å²) in [6, 6.07) is 4.91. The van der Waals surface area contributed by atoms with Gasteiger partial charge in [0.1, 0.15) is 11.5 Å². The van der Waals surface area contributed by atoms with Gasteiger partial charge in [0.05, 0.1) is 12.7 Å². The average Bonchev–Trinajstić information content (AvgIpc) is 2.47. The van der Waals surface area contributed by atoms with Gasteiger partial charge >= 0.3 is 0 Å². The fraction of sp³-hybridized carbons (Fsp3) is 0.429. The number of hydrogen-bond acceptors (Lipinski definition) is 5. The zero-order valence-corrected chi connectivity index (χ0v) is 10.8. The van der Waals surface area contributed by atoms with E-state index in [-0.39, 0.29) is 17.5 Å². The molecule has 0 aromatic heterocycles. The lowest BCUT2D eigenvalue weighted by atomic mass is 9.89. The number of hydrogen-bond donors (Lipinski definition) is 1. The van der Waals surface area contributed by atoms with Crippen molar-refractivity contribution in [2.45, 2.75) is 12.8 Å². The number of nitrogens with one attached hydrogen (secondary N) is 1. The molecule has 0 unspecified atom stereocenters. The average molecular weight is 263 g/mol. The van der Waals surface area contributed by atoms with E-state index in [9.17, 15) is 9.59 Å². The quantitative estimate of drug-likeness (QED) is 0.643. The Hall–Kier alpha value is -1.88. The Balaban J connectivity index is 2.26. The van der Waals surface area contributed by atoms with E-state index >= 15 is 0 Å². The number of benzene rings is 1. The molecule has 1 N–H and O–H groups in total. The molecular weight excluding hydrogens is 246 g/mol.